The first-order chi connectivity index (χ1) is 15.1. The molecule has 31 heavy (non-hydrogen) atoms. The van der Waals surface area contributed by atoms with Crippen LogP contribution in [0.4, 0.5) is 5.69 Å². The fourth-order valence-electron chi connectivity index (χ4n) is 2.96. The van der Waals surface area contributed by atoms with Crippen LogP contribution in [0.15, 0.2) is 88.5 Å². The van der Waals surface area contributed by atoms with Gasteiger partial charge in [-0.05, 0) is 41.1 Å². The number of aromatic nitrogens is 2. The molecule has 0 saturated heterocycles. The summed E-state index contributed by atoms with van der Waals surface area (Å²) < 4.78 is 5.80. The molecule has 0 aliphatic heterocycles. The Kier molecular flexibility index (Phi) is 6.92. The molecule has 0 radical (unpaired) electrons. The number of carbonyl (C=O) groups excluding carboxylic acids is 1. The Bertz CT molecular complexity index is 1150. The van der Waals surface area contributed by atoms with E-state index in [-0.39, 0.29) is 5.91 Å². The minimum atomic E-state index is -0.607. The number of hydrogen-bond donors (Lipinski definition) is 1. The molecule has 1 atom stereocenters. The number of nitrogens with one attached hydrogen (secondary N) is 1. The minimum Gasteiger partial charge on any atom is -0.416 e. The van der Waals surface area contributed by atoms with Crippen molar-refractivity contribution in [1.82, 2.24) is 10.2 Å². The molecule has 4 aromatic rings. The van der Waals surface area contributed by atoms with Crippen molar-refractivity contribution in [2.45, 2.75) is 16.9 Å². The molecule has 0 spiro atoms. The second-order valence-corrected chi connectivity index (χ2v) is 8.61. The maximum atomic E-state index is 13.1. The van der Waals surface area contributed by atoms with E-state index >= 15 is 0 Å². The van der Waals surface area contributed by atoms with Crippen LogP contribution in [0.1, 0.15) is 22.3 Å². The predicted octanol–water partition coefficient (Wildman–Crippen LogP) is 6.44. The number of anilines is 1. The molecule has 0 fully saturated rings. The first-order valence-corrected chi connectivity index (χ1v) is 11.1. The Morgan fingerprint density at radius 1 is 0.935 bits per heavy atom. The van der Waals surface area contributed by atoms with Crippen molar-refractivity contribution in [2.75, 3.05) is 5.32 Å². The lowest BCUT2D eigenvalue weighted by Crippen LogP contribution is -2.19. The Morgan fingerprint density at radius 3 is 2.26 bits per heavy atom. The normalized spacial score (nSPS) is 11.8. The van der Waals surface area contributed by atoms with E-state index in [0.29, 0.717) is 33.3 Å². The van der Waals surface area contributed by atoms with Crippen LogP contribution in [0, 0.1) is 0 Å². The van der Waals surface area contributed by atoms with Gasteiger partial charge in [0.05, 0.1) is 6.42 Å². The minimum absolute atomic E-state index is 0.252. The molecule has 1 amide bonds. The van der Waals surface area contributed by atoms with Gasteiger partial charge in [-0.3, -0.25) is 4.79 Å². The molecule has 0 aliphatic carbocycles. The van der Waals surface area contributed by atoms with Crippen LogP contribution in [0.25, 0.3) is 0 Å². The second kappa shape index (κ2) is 10.0. The Labute approximate surface area is 193 Å². The maximum Gasteiger partial charge on any atom is 0.277 e. The van der Waals surface area contributed by atoms with E-state index in [0.717, 1.165) is 11.1 Å². The zero-order chi connectivity index (χ0) is 21.6. The summed E-state index contributed by atoms with van der Waals surface area (Å²) in [6.45, 7) is 0. The van der Waals surface area contributed by atoms with E-state index in [4.69, 9.17) is 27.6 Å². The summed E-state index contributed by atoms with van der Waals surface area (Å²) in [5.74, 6) is 0.236. The number of benzene rings is 3. The summed E-state index contributed by atoms with van der Waals surface area (Å²) in [5, 5.41) is 11.7. The number of rotatable bonds is 7. The molecule has 156 valence electrons. The predicted molar refractivity (Wildman–Crippen MR) is 124 cm³/mol. The molecular weight excluding hydrogens is 453 g/mol. The van der Waals surface area contributed by atoms with Gasteiger partial charge in [-0.25, -0.2) is 0 Å². The zero-order valence-corrected chi connectivity index (χ0v) is 18.5. The zero-order valence-electron chi connectivity index (χ0n) is 16.2. The van der Waals surface area contributed by atoms with Crippen molar-refractivity contribution in [3.63, 3.8) is 0 Å². The number of halogens is 2. The second-order valence-electron chi connectivity index (χ2n) is 6.68. The van der Waals surface area contributed by atoms with Gasteiger partial charge in [-0.2, -0.15) is 0 Å². The third-order valence-corrected chi connectivity index (χ3v) is 5.86. The molecular formula is C23H17Cl2N3O2S. The molecule has 1 aromatic heterocycles. The van der Waals surface area contributed by atoms with Gasteiger partial charge in [-0.1, -0.05) is 83.9 Å². The van der Waals surface area contributed by atoms with Crippen molar-refractivity contribution >= 4 is 46.6 Å². The summed E-state index contributed by atoms with van der Waals surface area (Å²) in [7, 11) is 0. The SMILES string of the molecule is O=C(Nc1cc(Cl)cc(Cl)c1)C(Sc1nnc(Cc2ccccc2)o1)c1ccccc1. The van der Waals surface area contributed by atoms with Crippen LogP contribution in [0.2, 0.25) is 10.0 Å². The van der Waals surface area contributed by atoms with Crippen molar-refractivity contribution in [2.24, 2.45) is 0 Å². The topological polar surface area (TPSA) is 68.0 Å². The molecule has 0 aliphatic rings. The summed E-state index contributed by atoms with van der Waals surface area (Å²) in [5.41, 5.74) is 2.39. The van der Waals surface area contributed by atoms with Gasteiger partial charge < -0.3 is 9.73 Å². The lowest BCUT2D eigenvalue weighted by Gasteiger charge is -2.15. The Balaban J connectivity index is 1.54. The van der Waals surface area contributed by atoms with Gasteiger partial charge in [0, 0.05) is 15.7 Å². The first-order valence-electron chi connectivity index (χ1n) is 9.42. The molecule has 3 aromatic carbocycles. The van der Waals surface area contributed by atoms with E-state index in [2.05, 4.69) is 15.5 Å². The van der Waals surface area contributed by atoms with E-state index in [1.54, 1.807) is 18.2 Å². The Morgan fingerprint density at radius 2 is 1.58 bits per heavy atom. The number of carbonyl (C=O) groups is 1. The molecule has 0 bridgehead atoms. The maximum absolute atomic E-state index is 13.1. The van der Waals surface area contributed by atoms with Gasteiger partial charge >= 0.3 is 0 Å². The largest absolute Gasteiger partial charge is 0.416 e. The lowest BCUT2D eigenvalue weighted by molar-refractivity contribution is -0.115. The number of hydrogen-bond acceptors (Lipinski definition) is 5. The van der Waals surface area contributed by atoms with Gasteiger partial charge in [0.25, 0.3) is 5.22 Å². The first kappa shape index (κ1) is 21.4. The Hall–Kier alpha value is -2.80. The summed E-state index contributed by atoms with van der Waals surface area (Å²) in [6.07, 6.45) is 0.525. The van der Waals surface area contributed by atoms with E-state index in [1.165, 1.54) is 11.8 Å². The molecule has 5 nitrogen and oxygen atoms in total. The van der Waals surface area contributed by atoms with Crippen LogP contribution in [0.3, 0.4) is 0 Å². The van der Waals surface area contributed by atoms with Crippen LogP contribution >= 0.6 is 35.0 Å². The average Bonchev–Trinajstić information content (AvgIpc) is 3.19. The quantitative estimate of drug-likeness (QED) is 0.315. The monoisotopic (exact) mass is 469 g/mol. The highest BCUT2D eigenvalue weighted by molar-refractivity contribution is 8.00. The highest BCUT2D eigenvalue weighted by atomic mass is 35.5. The fraction of sp³-hybridized carbons (Fsp3) is 0.0870. The standard InChI is InChI=1S/C23H17Cl2N3O2S/c24-17-12-18(25)14-19(13-17)26-22(29)21(16-9-5-2-6-10-16)31-23-28-27-20(30-23)11-15-7-3-1-4-8-15/h1-10,12-14,21H,11H2,(H,26,29). The fourth-order valence-corrected chi connectivity index (χ4v) is 4.38. The summed E-state index contributed by atoms with van der Waals surface area (Å²) in [6, 6.07) is 24.1. The van der Waals surface area contributed by atoms with Crippen LogP contribution in [-0.4, -0.2) is 16.1 Å². The van der Waals surface area contributed by atoms with E-state index in [9.17, 15) is 4.79 Å². The van der Waals surface area contributed by atoms with Gasteiger partial charge in [-0.15, -0.1) is 10.2 Å². The lowest BCUT2D eigenvalue weighted by atomic mass is 10.1. The van der Waals surface area contributed by atoms with E-state index < -0.39 is 5.25 Å². The van der Waals surface area contributed by atoms with Crippen LogP contribution < -0.4 is 5.32 Å². The van der Waals surface area contributed by atoms with E-state index in [1.807, 2.05) is 60.7 Å². The van der Waals surface area contributed by atoms with Crippen molar-refractivity contribution < 1.29 is 9.21 Å². The third kappa shape index (κ3) is 5.88. The molecule has 1 unspecified atom stereocenters. The molecule has 1 heterocycles. The highest BCUT2D eigenvalue weighted by Crippen LogP contribution is 2.36. The van der Waals surface area contributed by atoms with Crippen molar-refractivity contribution in [3.05, 3.63) is 106 Å². The summed E-state index contributed by atoms with van der Waals surface area (Å²) >= 11 is 13.3. The molecule has 8 heteroatoms. The van der Waals surface area contributed by atoms with Crippen molar-refractivity contribution in [1.29, 1.82) is 0 Å². The molecule has 0 saturated carbocycles. The summed E-state index contributed by atoms with van der Waals surface area (Å²) in [4.78, 5) is 13.1. The van der Waals surface area contributed by atoms with Gasteiger partial charge in [0.1, 0.15) is 5.25 Å². The number of nitrogens with zero attached hydrogens (tertiary/aromatic N) is 2. The number of thioether (sulfide) groups is 1. The van der Waals surface area contributed by atoms with Gasteiger partial charge in [0.2, 0.25) is 11.8 Å². The number of amides is 1. The van der Waals surface area contributed by atoms with Crippen LogP contribution in [0.5, 0.6) is 0 Å². The van der Waals surface area contributed by atoms with Gasteiger partial charge in [0.15, 0.2) is 0 Å². The van der Waals surface area contributed by atoms with Crippen LogP contribution in [-0.2, 0) is 11.2 Å². The smallest absolute Gasteiger partial charge is 0.277 e. The highest BCUT2D eigenvalue weighted by Gasteiger charge is 2.25. The van der Waals surface area contributed by atoms with Crippen molar-refractivity contribution in [3.8, 4) is 0 Å². The average molecular weight is 470 g/mol. The molecule has 4 rings (SSSR count). The molecule has 1 N–H and O–H groups in total. The third-order valence-electron chi connectivity index (χ3n) is 4.34.